The molecule has 0 unspecified atom stereocenters. The van der Waals surface area contributed by atoms with E-state index in [1.54, 1.807) is 18.2 Å². The third kappa shape index (κ3) is 3.81. The lowest BCUT2D eigenvalue weighted by Crippen LogP contribution is -2.40. The van der Waals surface area contributed by atoms with E-state index in [-0.39, 0.29) is 17.3 Å². The maximum absolute atomic E-state index is 11.9. The number of nitrogens with one attached hydrogen (secondary N) is 2. The van der Waals surface area contributed by atoms with Gasteiger partial charge in [0.2, 0.25) is 0 Å². The second kappa shape index (κ2) is 6.88. The quantitative estimate of drug-likeness (QED) is 0.652. The Labute approximate surface area is 122 Å². The summed E-state index contributed by atoms with van der Waals surface area (Å²) in [6.45, 7) is 0. The molecule has 1 aromatic rings. The predicted octanol–water partition coefficient (Wildman–Crippen LogP) is 1.47. The van der Waals surface area contributed by atoms with E-state index in [1.807, 2.05) is 0 Å². The molecular weight excluding hydrogens is 272 g/mol. The second-order valence-corrected chi connectivity index (χ2v) is 4.95. The molecule has 2 amide bonds. The number of hydrogen-bond donors (Lipinski definition) is 2. The molecule has 2 rings (SSSR count). The van der Waals surface area contributed by atoms with Gasteiger partial charge in [-0.1, -0.05) is 25.0 Å². The fraction of sp³-hybridized carbons (Fsp3) is 0.400. The third-order valence-electron chi connectivity index (χ3n) is 3.48. The molecular formula is C15H18N2O4. The highest BCUT2D eigenvalue weighted by Crippen LogP contribution is 2.18. The van der Waals surface area contributed by atoms with Gasteiger partial charge in [-0.25, -0.2) is 4.79 Å². The van der Waals surface area contributed by atoms with E-state index in [2.05, 4.69) is 15.4 Å². The van der Waals surface area contributed by atoms with Crippen molar-refractivity contribution in [3.8, 4) is 0 Å². The number of para-hydroxylation sites is 1. The highest BCUT2D eigenvalue weighted by molar-refractivity contribution is 6.40. The number of carbonyl (C=O) groups is 3. The summed E-state index contributed by atoms with van der Waals surface area (Å²) in [4.78, 5) is 35.3. The predicted molar refractivity (Wildman–Crippen MR) is 76.8 cm³/mol. The number of esters is 1. The van der Waals surface area contributed by atoms with Crippen LogP contribution in [0.3, 0.4) is 0 Å². The molecule has 0 saturated heterocycles. The Morgan fingerprint density at radius 3 is 2.43 bits per heavy atom. The molecule has 6 heteroatoms. The van der Waals surface area contributed by atoms with Gasteiger partial charge in [0.15, 0.2) is 0 Å². The zero-order chi connectivity index (χ0) is 15.2. The summed E-state index contributed by atoms with van der Waals surface area (Å²) in [7, 11) is 1.26. The molecule has 0 aromatic heterocycles. The summed E-state index contributed by atoms with van der Waals surface area (Å²) >= 11 is 0. The molecule has 1 aliphatic carbocycles. The molecule has 0 bridgehead atoms. The number of amides is 2. The van der Waals surface area contributed by atoms with Crippen LogP contribution in [0.5, 0.6) is 0 Å². The van der Waals surface area contributed by atoms with Crippen molar-refractivity contribution in [3.63, 3.8) is 0 Å². The Morgan fingerprint density at radius 2 is 1.76 bits per heavy atom. The van der Waals surface area contributed by atoms with Crippen LogP contribution in [-0.2, 0) is 14.3 Å². The van der Waals surface area contributed by atoms with Crippen molar-refractivity contribution in [3.05, 3.63) is 29.8 Å². The monoisotopic (exact) mass is 290 g/mol. The van der Waals surface area contributed by atoms with E-state index < -0.39 is 17.8 Å². The van der Waals surface area contributed by atoms with E-state index in [0.717, 1.165) is 25.7 Å². The number of benzene rings is 1. The smallest absolute Gasteiger partial charge is 0.339 e. The van der Waals surface area contributed by atoms with Gasteiger partial charge in [-0.15, -0.1) is 0 Å². The fourth-order valence-electron chi connectivity index (χ4n) is 2.38. The van der Waals surface area contributed by atoms with E-state index in [4.69, 9.17) is 0 Å². The number of anilines is 1. The van der Waals surface area contributed by atoms with E-state index in [0.29, 0.717) is 0 Å². The number of ether oxygens (including phenoxy) is 1. The van der Waals surface area contributed by atoms with Crippen molar-refractivity contribution in [2.75, 3.05) is 12.4 Å². The van der Waals surface area contributed by atoms with Crippen LogP contribution < -0.4 is 10.6 Å². The van der Waals surface area contributed by atoms with Gasteiger partial charge in [0.25, 0.3) is 0 Å². The van der Waals surface area contributed by atoms with Gasteiger partial charge in [-0.05, 0) is 25.0 Å². The van der Waals surface area contributed by atoms with Crippen LogP contribution in [0.2, 0.25) is 0 Å². The topological polar surface area (TPSA) is 84.5 Å². The molecule has 2 N–H and O–H groups in total. The van der Waals surface area contributed by atoms with Crippen molar-refractivity contribution in [1.29, 1.82) is 0 Å². The summed E-state index contributed by atoms with van der Waals surface area (Å²) in [6.07, 6.45) is 3.94. The SMILES string of the molecule is COC(=O)c1ccccc1NC(=O)C(=O)NC1CCCC1. The maximum atomic E-state index is 11.9. The summed E-state index contributed by atoms with van der Waals surface area (Å²) in [5, 5.41) is 5.14. The zero-order valence-corrected chi connectivity index (χ0v) is 11.8. The fourth-order valence-corrected chi connectivity index (χ4v) is 2.38. The van der Waals surface area contributed by atoms with Gasteiger partial charge in [-0.2, -0.15) is 0 Å². The first-order valence-electron chi connectivity index (χ1n) is 6.91. The zero-order valence-electron chi connectivity index (χ0n) is 11.8. The van der Waals surface area contributed by atoms with Crippen LogP contribution in [0.15, 0.2) is 24.3 Å². The summed E-state index contributed by atoms with van der Waals surface area (Å²) in [5.41, 5.74) is 0.470. The molecule has 1 aromatic carbocycles. The minimum absolute atomic E-state index is 0.0686. The Kier molecular flexibility index (Phi) is 4.92. The van der Waals surface area contributed by atoms with Gasteiger partial charge in [0, 0.05) is 6.04 Å². The molecule has 0 spiro atoms. The molecule has 0 heterocycles. The Morgan fingerprint density at radius 1 is 1.10 bits per heavy atom. The first-order chi connectivity index (χ1) is 10.1. The summed E-state index contributed by atoms with van der Waals surface area (Å²) < 4.78 is 4.64. The van der Waals surface area contributed by atoms with Crippen LogP contribution in [0.1, 0.15) is 36.0 Å². The third-order valence-corrected chi connectivity index (χ3v) is 3.48. The van der Waals surface area contributed by atoms with Crippen molar-refractivity contribution in [2.24, 2.45) is 0 Å². The van der Waals surface area contributed by atoms with Gasteiger partial charge in [-0.3, -0.25) is 9.59 Å². The highest BCUT2D eigenvalue weighted by atomic mass is 16.5. The maximum Gasteiger partial charge on any atom is 0.339 e. The largest absolute Gasteiger partial charge is 0.465 e. The van der Waals surface area contributed by atoms with Gasteiger partial charge < -0.3 is 15.4 Å². The van der Waals surface area contributed by atoms with Crippen LogP contribution >= 0.6 is 0 Å². The average molecular weight is 290 g/mol. The summed E-state index contributed by atoms with van der Waals surface area (Å²) in [6, 6.07) is 6.46. The Bertz CT molecular complexity index is 550. The standard InChI is InChI=1S/C15H18N2O4/c1-21-15(20)11-8-4-5-9-12(11)17-14(19)13(18)16-10-6-2-3-7-10/h4-5,8-10H,2-3,6-7H2,1H3,(H,16,18)(H,17,19). The van der Waals surface area contributed by atoms with Gasteiger partial charge in [0.1, 0.15) is 0 Å². The molecule has 1 aliphatic rings. The molecule has 21 heavy (non-hydrogen) atoms. The average Bonchev–Trinajstić information content (AvgIpc) is 2.99. The first kappa shape index (κ1) is 15.0. The summed E-state index contributed by atoms with van der Waals surface area (Å²) in [5.74, 6) is -2.03. The molecule has 112 valence electrons. The normalized spacial score (nSPS) is 14.5. The van der Waals surface area contributed by atoms with E-state index in [1.165, 1.54) is 13.2 Å². The Hall–Kier alpha value is -2.37. The Balaban J connectivity index is 2.02. The molecule has 6 nitrogen and oxygen atoms in total. The number of methoxy groups -OCH3 is 1. The van der Waals surface area contributed by atoms with E-state index >= 15 is 0 Å². The van der Waals surface area contributed by atoms with Gasteiger partial charge in [0.05, 0.1) is 18.4 Å². The molecule has 1 fully saturated rings. The molecule has 0 radical (unpaired) electrons. The number of carbonyl (C=O) groups excluding carboxylic acids is 3. The molecule has 0 aliphatic heterocycles. The van der Waals surface area contributed by atoms with Crippen LogP contribution in [0, 0.1) is 0 Å². The van der Waals surface area contributed by atoms with Crippen LogP contribution in [-0.4, -0.2) is 30.9 Å². The minimum Gasteiger partial charge on any atom is -0.465 e. The lowest BCUT2D eigenvalue weighted by Gasteiger charge is -2.13. The number of hydrogen-bond acceptors (Lipinski definition) is 4. The van der Waals surface area contributed by atoms with Crippen molar-refractivity contribution >= 4 is 23.5 Å². The highest BCUT2D eigenvalue weighted by Gasteiger charge is 2.22. The van der Waals surface area contributed by atoms with Crippen molar-refractivity contribution < 1.29 is 19.1 Å². The first-order valence-corrected chi connectivity index (χ1v) is 6.91. The van der Waals surface area contributed by atoms with Crippen LogP contribution in [0.25, 0.3) is 0 Å². The van der Waals surface area contributed by atoms with Crippen LogP contribution in [0.4, 0.5) is 5.69 Å². The second-order valence-electron chi connectivity index (χ2n) is 4.95. The lowest BCUT2D eigenvalue weighted by atomic mass is 10.2. The van der Waals surface area contributed by atoms with Crippen molar-refractivity contribution in [1.82, 2.24) is 5.32 Å². The number of rotatable bonds is 3. The molecule has 1 saturated carbocycles. The minimum atomic E-state index is -0.779. The molecule has 0 atom stereocenters. The van der Waals surface area contributed by atoms with Gasteiger partial charge >= 0.3 is 17.8 Å². The van der Waals surface area contributed by atoms with E-state index in [9.17, 15) is 14.4 Å². The lowest BCUT2D eigenvalue weighted by molar-refractivity contribution is -0.136. The van der Waals surface area contributed by atoms with Crippen molar-refractivity contribution in [2.45, 2.75) is 31.7 Å².